The highest BCUT2D eigenvalue weighted by molar-refractivity contribution is 8.00. The third-order valence-electron chi connectivity index (χ3n) is 2.65. The minimum atomic E-state index is 0.213. The highest BCUT2D eigenvalue weighted by atomic mass is 35.5. The van der Waals surface area contributed by atoms with Crippen molar-refractivity contribution in [2.24, 2.45) is 0 Å². The second-order valence-electron chi connectivity index (χ2n) is 3.87. The normalized spacial score (nSPS) is 20.5. The standard InChI is InChI=1S/C11H20ClNOS/c1-2-3-7-13(8-6-12)11(14)10-5-4-9-15-10/h10H,2-9H2,1H3. The summed E-state index contributed by atoms with van der Waals surface area (Å²) in [7, 11) is 0. The molecular weight excluding hydrogens is 230 g/mol. The molecule has 88 valence electrons. The molecule has 4 heteroatoms. The first-order valence-electron chi connectivity index (χ1n) is 5.76. The molecule has 0 radical (unpaired) electrons. The molecule has 1 unspecified atom stereocenters. The summed E-state index contributed by atoms with van der Waals surface area (Å²) in [6, 6.07) is 0. The Labute approximate surface area is 102 Å². The summed E-state index contributed by atoms with van der Waals surface area (Å²) in [5, 5.41) is 0.213. The molecule has 1 atom stereocenters. The van der Waals surface area contributed by atoms with Gasteiger partial charge in [-0.2, -0.15) is 0 Å². The molecule has 1 fully saturated rings. The molecule has 0 aliphatic carbocycles. The Kier molecular flexibility index (Phi) is 6.50. The van der Waals surface area contributed by atoms with Crippen LogP contribution in [0, 0.1) is 0 Å². The molecular formula is C11H20ClNOS. The lowest BCUT2D eigenvalue weighted by Gasteiger charge is -2.24. The Morgan fingerprint density at radius 2 is 2.33 bits per heavy atom. The Morgan fingerprint density at radius 3 is 2.87 bits per heavy atom. The number of rotatable bonds is 6. The van der Waals surface area contributed by atoms with E-state index >= 15 is 0 Å². The van der Waals surface area contributed by atoms with Crippen molar-refractivity contribution in [2.45, 2.75) is 37.9 Å². The van der Waals surface area contributed by atoms with E-state index in [4.69, 9.17) is 11.6 Å². The van der Waals surface area contributed by atoms with E-state index < -0.39 is 0 Å². The molecule has 0 spiro atoms. The molecule has 15 heavy (non-hydrogen) atoms. The average Bonchev–Trinajstić information content (AvgIpc) is 2.76. The summed E-state index contributed by atoms with van der Waals surface area (Å²) >= 11 is 7.53. The van der Waals surface area contributed by atoms with E-state index in [9.17, 15) is 4.79 Å². The van der Waals surface area contributed by atoms with Gasteiger partial charge < -0.3 is 4.90 Å². The number of alkyl halides is 1. The van der Waals surface area contributed by atoms with Crippen molar-refractivity contribution in [1.29, 1.82) is 0 Å². The minimum Gasteiger partial charge on any atom is -0.341 e. The topological polar surface area (TPSA) is 20.3 Å². The molecule has 0 aromatic heterocycles. The zero-order chi connectivity index (χ0) is 11.1. The number of hydrogen-bond donors (Lipinski definition) is 0. The summed E-state index contributed by atoms with van der Waals surface area (Å²) in [6.45, 7) is 3.73. The molecule has 0 aromatic rings. The Hall–Kier alpha value is 0.110. The van der Waals surface area contributed by atoms with Crippen LogP contribution in [0.25, 0.3) is 0 Å². The van der Waals surface area contributed by atoms with Crippen LogP contribution in [0.1, 0.15) is 32.6 Å². The average molecular weight is 250 g/mol. The number of nitrogens with zero attached hydrogens (tertiary/aromatic N) is 1. The van der Waals surface area contributed by atoms with E-state index in [1.807, 2.05) is 4.90 Å². The highest BCUT2D eigenvalue weighted by Crippen LogP contribution is 2.27. The molecule has 0 N–H and O–H groups in total. The lowest BCUT2D eigenvalue weighted by molar-refractivity contribution is -0.130. The van der Waals surface area contributed by atoms with Crippen LogP contribution >= 0.6 is 23.4 Å². The van der Waals surface area contributed by atoms with Crippen molar-refractivity contribution in [2.75, 3.05) is 24.7 Å². The van der Waals surface area contributed by atoms with E-state index in [0.29, 0.717) is 18.3 Å². The first-order valence-corrected chi connectivity index (χ1v) is 7.34. The third-order valence-corrected chi connectivity index (χ3v) is 4.19. The van der Waals surface area contributed by atoms with Gasteiger partial charge in [-0.1, -0.05) is 13.3 Å². The van der Waals surface area contributed by atoms with Crippen molar-refractivity contribution >= 4 is 29.3 Å². The first-order chi connectivity index (χ1) is 7.29. The van der Waals surface area contributed by atoms with Gasteiger partial charge in [-0.15, -0.1) is 23.4 Å². The number of amides is 1. The summed E-state index contributed by atoms with van der Waals surface area (Å²) in [4.78, 5) is 14.0. The highest BCUT2D eigenvalue weighted by Gasteiger charge is 2.27. The molecule has 0 bridgehead atoms. The number of hydrogen-bond acceptors (Lipinski definition) is 2. The molecule has 1 amide bonds. The van der Waals surface area contributed by atoms with Gasteiger partial charge in [0.05, 0.1) is 5.25 Å². The molecule has 1 aliphatic heterocycles. The van der Waals surface area contributed by atoms with Gasteiger partial charge in [-0.25, -0.2) is 0 Å². The quantitative estimate of drug-likeness (QED) is 0.675. The van der Waals surface area contributed by atoms with Crippen molar-refractivity contribution in [1.82, 2.24) is 4.90 Å². The monoisotopic (exact) mass is 249 g/mol. The zero-order valence-electron chi connectivity index (χ0n) is 9.38. The van der Waals surface area contributed by atoms with Crippen molar-refractivity contribution in [3.8, 4) is 0 Å². The van der Waals surface area contributed by atoms with E-state index in [1.54, 1.807) is 11.8 Å². The maximum atomic E-state index is 12.1. The van der Waals surface area contributed by atoms with Crippen LogP contribution < -0.4 is 0 Å². The largest absolute Gasteiger partial charge is 0.341 e. The molecule has 1 rings (SSSR count). The van der Waals surface area contributed by atoms with Crippen LogP contribution in [-0.4, -0.2) is 40.8 Å². The molecule has 0 saturated carbocycles. The summed E-state index contributed by atoms with van der Waals surface area (Å²) in [6.07, 6.45) is 4.45. The molecule has 0 aromatic carbocycles. The predicted molar refractivity (Wildman–Crippen MR) is 67.7 cm³/mol. The van der Waals surface area contributed by atoms with Crippen LogP contribution in [0.4, 0.5) is 0 Å². The van der Waals surface area contributed by atoms with Gasteiger partial charge in [0, 0.05) is 19.0 Å². The minimum absolute atomic E-state index is 0.213. The van der Waals surface area contributed by atoms with E-state index in [-0.39, 0.29) is 5.25 Å². The number of unbranched alkanes of at least 4 members (excludes halogenated alkanes) is 1. The molecule has 1 aliphatic rings. The first kappa shape index (κ1) is 13.2. The van der Waals surface area contributed by atoms with Gasteiger partial charge in [0.2, 0.25) is 5.91 Å². The Morgan fingerprint density at radius 1 is 1.53 bits per heavy atom. The lowest BCUT2D eigenvalue weighted by Crippen LogP contribution is -2.38. The number of carbonyl (C=O) groups excluding carboxylic acids is 1. The van der Waals surface area contributed by atoms with Crippen LogP contribution in [0.2, 0.25) is 0 Å². The zero-order valence-corrected chi connectivity index (χ0v) is 10.9. The summed E-state index contributed by atoms with van der Waals surface area (Å²) < 4.78 is 0. The predicted octanol–water partition coefficient (Wildman–Crippen LogP) is 2.75. The van der Waals surface area contributed by atoms with Crippen LogP contribution in [0.3, 0.4) is 0 Å². The van der Waals surface area contributed by atoms with Gasteiger partial charge in [0.15, 0.2) is 0 Å². The fourth-order valence-electron chi connectivity index (χ4n) is 1.76. The molecule has 1 heterocycles. The fraction of sp³-hybridized carbons (Fsp3) is 0.909. The van der Waals surface area contributed by atoms with Crippen LogP contribution in [0.15, 0.2) is 0 Å². The van der Waals surface area contributed by atoms with Crippen molar-refractivity contribution in [3.63, 3.8) is 0 Å². The summed E-state index contributed by atoms with van der Waals surface area (Å²) in [5.74, 6) is 2.00. The second kappa shape index (κ2) is 7.39. The molecule has 2 nitrogen and oxygen atoms in total. The summed E-state index contributed by atoms with van der Waals surface area (Å²) in [5.41, 5.74) is 0. The number of thioether (sulfide) groups is 1. The maximum Gasteiger partial charge on any atom is 0.235 e. The molecule has 1 saturated heterocycles. The SMILES string of the molecule is CCCCN(CCCl)C(=O)C1CCCS1. The van der Waals surface area contributed by atoms with E-state index in [0.717, 1.165) is 31.6 Å². The van der Waals surface area contributed by atoms with Gasteiger partial charge in [0.25, 0.3) is 0 Å². The fourth-order valence-corrected chi connectivity index (χ4v) is 3.21. The second-order valence-corrected chi connectivity index (χ2v) is 5.56. The van der Waals surface area contributed by atoms with Crippen molar-refractivity contribution < 1.29 is 4.79 Å². The van der Waals surface area contributed by atoms with E-state index in [1.165, 1.54) is 6.42 Å². The smallest absolute Gasteiger partial charge is 0.235 e. The van der Waals surface area contributed by atoms with Crippen LogP contribution in [-0.2, 0) is 4.79 Å². The van der Waals surface area contributed by atoms with Crippen molar-refractivity contribution in [3.05, 3.63) is 0 Å². The van der Waals surface area contributed by atoms with Gasteiger partial charge in [0.1, 0.15) is 0 Å². The van der Waals surface area contributed by atoms with Gasteiger partial charge >= 0.3 is 0 Å². The van der Waals surface area contributed by atoms with Gasteiger partial charge in [-0.3, -0.25) is 4.79 Å². The maximum absolute atomic E-state index is 12.1. The van der Waals surface area contributed by atoms with Gasteiger partial charge in [-0.05, 0) is 25.0 Å². The number of halogens is 1. The third kappa shape index (κ3) is 4.23. The Bertz CT molecular complexity index is 195. The van der Waals surface area contributed by atoms with Crippen LogP contribution in [0.5, 0.6) is 0 Å². The Balaban J connectivity index is 2.41. The van der Waals surface area contributed by atoms with E-state index in [2.05, 4.69) is 6.92 Å². The lowest BCUT2D eigenvalue weighted by atomic mass is 10.2. The number of carbonyl (C=O) groups is 1.